The van der Waals surface area contributed by atoms with Crippen molar-refractivity contribution in [2.24, 2.45) is 0 Å². The van der Waals surface area contributed by atoms with Gasteiger partial charge in [0.25, 0.3) is 0 Å². The molecule has 0 radical (unpaired) electrons. The summed E-state index contributed by atoms with van der Waals surface area (Å²) in [7, 11) is 0. The van der Waals surface area contributed by atoms with Crippen molar-refractivity contribution < 1.29 is 23.6 Å². The third-order valence-corrected chi connectivity index (χ3v) is 4.72. The Bertz CT molecular complexity index is 1030. The Morgan fingerprint density at radius 3 is 2.42 bits per heavy atom. The highest BCUT2D eigenvalue weighted by Crippen LogP contribution is 2.30. The summed E-state index contributed by atoms with van der Waals surface area (Å²) in [6.07, 6.45) is 1.01. The van der Waals surface area contributed by atoms with Crippen molar-refractivity contribution in [2.45, 2.75) is 26.7 Å². The number of anilines is 1. The van der Waals surface area contributed by atoms with Crippen molar-refractivity contribution in [3.63, 3.8) is 0 Å². The van der Waals surface area contributed by atoms with Gasteiger partial charge < -0.3 is 14.0 Å². The number of carbonyl (C=O) groups excluding carboxylic acids is 2. The van der Waals surface area contributed by atoms with E-state index in [-0.39, 0.29) is 42.7 Å². The van der Waals surface area contributed by atoms with Gasteiger partial charge in [0.05, 0.1) is 19.6 Å². The molecule has 3 rings (SSSR count). The Balaban J connectivity index is 1.68. The minimum absolute atomic E-state index is 0.0496. The number of hydrogen-bond acceptors (Lipinski definition) is 6. The molecule has 1 heterocycles. The number of rotatable bonds is 9. The van der Waals surface area contributed by atoms with Crippen LogP contribution in [0.15, 0.2) is 53.1 Å². The minimum atomic E-state index is -0.642. The Morgan fingerprint density at radius 2 is 1.77 bits per heavy atom. The lowest BCUT2D eigenvalue weighted by molar-refractivity contribution is -0.116. The first-order valence-corrected chi connectivity index (χ1v) is 10.3. The van der Waals surface area contributed by atoms with E-state index in [0.29, 0.717) is 16.3 Å². The predicted octanol–water partition coefficient (Wildman–Crippen LogP) is 5.14. The van der Waals surface area contributed by atoms with Crippen LogP contribution in [0, 0.1) is 0 Å². The average Bonchev–Trinajstić information content (AvgIpc) is 3.18. The molecule has 0 spiro atoms. The van der Waals surface area contributed by atoms with E-state index in [2.05, 4.69) is 17.4 Å². The van der Waals surface area contributed by atoms with E-state index < -0.39 is 5.97 Å². The predicted molar refractivity (Wildman–Crippen MR) is 117 cm³/mol. The van der Waals surface area contributed by atoms with Crippen LogP contribution in [0.5, 0.6) is 5.75 Å². The summed E-state index contributed by atoms with van der Waals surface area (Å²) >= 11 is 5.93. The third-order valence-electron chi connectivity index (χ3n) is 4.47. The number of carbonyl (C=O) groups is 2. The maximum absolute atomic E-state index is 12.5. The fraction of sp³-hybridized carbons (Fsp3) is 0.261. The van der Waals surface area contributed by atoms with Gasteiger partial charge in [-0.3, -0.25) is 10.1 Å². The molecular weight excluding hydrogens is 420 g/mol. The number of amides is 1. The van der Waals surface area contributed by atoms with Gasteiger partial charge >= 0.3 is 5.97 Å². The maximum atomic E-state index is 12.5. The molecule has 162 valence electrons. The van der Waals surface area contributed by atoms with Crippen molar-refractivity contribution in [3.8, 4) is 17.0 Å². The molecule has 0 saturated carbocycles. The molecule has 1 amide bonds. The van der Waals surface area contributed by atoms with Crippen LogP contribution in [0.2, 0.25) is 5.02 Å². The fourth-order valence-corrected chi connectivity index (χ4v) is 2.97. The zero-order valence-electron chi connectivity index (χ0n) is 17.3. The Kier molecular flexibility index (Phi) is 7.67. The summed E-state index contributed by atoms with van der Waals surface area (Å²) < 4.78 is 16.0. The monoisotopic (exact) mass is 442 g/mol. The molecule has 8 heteroatoms. The molecule has 2 aromatic carbocycles. The molecule has 31 heavy (non-hydrogen) atoms. The van der Waals surface area contributed by atoms with Crippen LogP contribution in [0.1, 0.15) is 36.2 Å². The molecular formula is C23H23ClN2O5. The molecule has 0 aliphatic carbocycles. The van der Waals surface area contributed by atoms with Crippen molar-refractivity contribution in [1.29, 1.82) is 0 Å². The molecule has 0 aliphatic heterocycles. The average molecular weight is 443 g/mol. The van der Waals surface area contributed by atoms with E-state index >= 15 is 0 Å². The molecule has 0 unspecified atom stereocenters. The molecule has 0 saturated heterocycles. The number of esters is 1. The Labute approximate surface area is 185 Å². The van der Waals surface area contributed by atoms with Gasteiger partial charge in [0.1, 0.15) is 11.4 Å². The summed E-state index contributed by atoms with van der Waals surface area (Å²) in [6.45, 7) is 4.11. The van der Waals surface area contributed by atoms with E-state index in [4.69, 9.17) is 25.6 Å². The standard InChI is InChI=1S/C23H23ClN2O5/c1-3-15-5-11-18(12-6-15)30-14-13-19(27)25-22-20(23(28)29-4-2)21(26-31-22)16-7-9-17(24)10-8-16/h5-12H,3-4,13-14H2,1-2H3,(H,25,27). The van der Waals surface area contributed by atoms with Gasteiger partial charge in [0.15, 0.2) is 5.56 Å². The molecule has 0 aliphatic rings. The number of ether oxygens (including phenoxy) is 2. The molecule has 0 fully saturated rings. The zero-order valence-corrected chi connectivity index (χ0v) is 18.1. The molecule has 1 N–H and O–H groups in total. The second-order valence-electron chi connectivity index (χ2n) is 6.61. The summed E-state index contributed by atoms with van der Waals surface area (Å²) in [6, 6.07) is 14.4. The first kappa shape index (κ1) is 22.4. The quantitative estimate of drug-likeness (QED) is 0.461. The highest BCUT2D eigenvalue weighted by molar-refractivity contribution is 6.30. The normalized spacial score (nSPS) is 10.5. The third kappa shape index (κ3) is 5.86. The summed E-state index contributed by atoms with van der Waals surface area (Å²) in [4.78, 5) is 24.9. The molecule has 3 aromatic rings. The van der Waals surface area contributed by atoms with Gasteiger partial charge in [-0.2, -0.15) is 0 Å². The minimum Gasteiger partial charge on any atom is -0.493 e. The van der Waals surface area contributed by atoms with Crippen molar-refractivity contribution in [1.82, 2.24) is 5.16 Å². The molecule has 1 aromatic heterocycles. The van der Waals surface area contributed by atoms with E-state index in [1.165, 1.54) is 5.56 Å². The second-order valence-corrected chi connectivity index (χ2v) is 7.04. The number of aryl methyl sites for hydroxylation is 1. The summed E-state index contributed by atoms with van der Waals surface area (Å²) in [5.74, 6) is -0.409. The van der Waals surface area contributed by atoms with E-state index in [1.807, 2.05) is 24.3 Å². The lowest BCUT2D eigenvalue weighted by atomic mass is 10.1. The van der Waals surface area contributed by atoms with Gasteiger partial charge in [-0.25, -0.2) is 4.79 Å². The summed E-state index contributed by atoms with van der Waals surface area (Å²) in [5, 5.41) is 7.08. The van der Waals surface area contributed by atoms with Crippen LogP contribution in [0.25, 0.3) is 11.3 Å². The van der Waals surface area contributed by atoms with Crippen molar-refractivity contribution in [2.75, 3.05) is 18.5 Å². The van der Waals surface area contributed by atoms with Gasteiger partial charge in [-0.1, -0.05) is 47.9 Å². The highest BCUT2D eigenvalue weighted by Gasteiger charge is 2.26. The van der Waals surface area contributed by atoms with Crippen LogP contribution in [0.3, 0.4) is 0 Å². The van der Waals surface area contributed by atoms with Gasteiger partial charge in [0, 0.05) is 10.6 Å². The van der Waals surface area contributed by atoms with Crippen LogP contribution >= 0.6 is 11.6 Å². The van der Waals surface area contributed by atoms with E-state index in [0.717, 1.165) is 6.42 Å². The number of benzene rings is 2. The number of nitrogens with one attached hydrogen (secondary N) is 1. The first-order chi connectivity index (χ1) is 15.0. The number of aromatic nitrogens is 1. The SMILES string of the molecule is CCOC(=O)c1c(-c2ccc(Cl)cc2)noc1NC(=O)CCOc1ccc(CC)cc1. The number of nitrogens with zero attached hydrogens (tertiary/aromatic N) is 1. The molecule has 0 bridgehead atoms. The van der Waals surface area contributed by atoms with Crippen molar-refractivity contribution >= 4 is 29.4 Å². The molecule has 7 nitrogen and oxygen atoms in total. The van der Waals surface area contributed by atoms with Gasteiger partial charge in [-0.15, -0.1) is 0 Å². The zero-order chi connectivity index (χ0) is 22.2. The highest BCUT2D eigenvalue weighted by atomic mass is 35.5. The molecule has 0 atom stereocenters. The summed E-state index contributed by atoms with van der Waals surface area (Å²) in [5.41, 5.74) is 2.13. The van der Waals surface area contributed by atoms with Crippen LogP contribution in [0.4, 0.5) is 5.88 Å². The smallest absolute Gasteiger partial charge is 0.346 e. The number of hydrogen-bond donors (Lipinski definition) is 1. The number of halogens is 1. The first-order valence-electron chi connectivity index (χ1n) is 9.96. The van der Waals surface area contributed by atoms with Gasteiger partial charge in [0.2, 0.25) is 11.8 Å². The van der Waals surface area contributed by atoms with Crippen molar-refractivity contribution in [3.05, 3.63) is 64.7 Å². The van der Waals surface area contributed by atoms with Crippen LogP contribution < -0.4 is 10.1 Å². The fourth-order valence-electron chi connectivity index (χ4n) is 2.84. The second kappa shape index (κ2) is 10.6. The lowest BCUT2D eigenvalue weighted by Crippen LogP contribution is -2.17. The Morgan fingerprint density at radius 1 is 1.06 bits per heavy atom. The van der Waals surface area contributed by atoms with Crippen LogP contribution in [-0.4, -0.2) is 30.2 Å². The van der Waals surface area contributed by atoms with E-state index in [9.17, 15) is 9.59 Å². The lowest BCUT2D eigenvalue weighted by Gasteiger charge is -2.08. The van der Waals surface area contributed by atoms with Crippen LogP contribution in [-0.2, 0) is 16.0 Å². The maximum Gasteiger partial charge on any atom is 0.346 e. The van der Waals surface area contributed by atoms with E-state index in [1.54, 1.807) is 31.2 Å². The topological polar surface area (TPSA) is 90.7 Å². The Hall–Kier alpha value is -3.32. The largest absolute Gasteiger partial charge is 0.493 e. The van der Waals surface area contributed by atoms with Gasteiger partial charge in [-0.05, 0) is 43.2 Å².